The summed E-state index contributed by atoms with van der Waals surface area (Å²) in [6, 6.07) is 0. The highest BCUT2D eigenvalue weighted by molar-refractivity contribution is 5.80. The Balaban J connectivity index is 1.64. The fourth-order valence-corrected chi connectivity index (χ4v) is 8.46. The van der Waals surface area contributed by atoms with Gasteiger partial charge in [0.2, 0.25) is 0 Å². The Bertz CT molecular complexity index is 528. The molecule has 4 fully saturated rings. The number of hydrogen-bond acceptors (Lipinski definition) is 2. The third-order valence-electron chi connectivity index (χ3n) is 9.42. The zero-order valence-electron chi connectivity index (χ0n) is 16.1. The molecule has 0 bridgehead atoms. The van der Waals surface area contributed by atoms with Crippen molar-refractivity contribution in [3.63, 3.8) is 0 Å². The molecule has 9 atom stereocenters. The summed E-state index contributed by atoms with van der Waals surface area (Å²) in [7, 11) is 0. The Kier molecular flexibility index (Phi) is 3.95. The van der Waals surface area contributed by atoms with E-state index in [2.05, 4.69) is 20.8 Å². The van der Waals surface area contributed by atoms with Gasteiger partial charge >= 0.3 is 0 Å². The maximum absolute atomic E-state index is 12.4. The number of aliphatic hydroxyl groups is 1. The fourth-order valence-electron chi connectivity index (χ4n) is 8.46. The van der Waals surface area contributed by atoms with Gasteiger partial charge < -0.3 is 5.11 Å². The van der Waals surface area contributed by atoms with Crippen LogP contribution in [0, 0.1) is 46.3 Å². The molecule has 0 aromatic heterocycles. The molecule has 4 aliphatic rings. The maximum atomic E-state index is 12.4. The van der Waals surface area contributed by atoms with Crippen molar-refractivity contribution in [1.29, 1.82) is 0 Å². The van der Waals surface area contributed by atoms with Crippen molar-refractivity contribution in [2.45, 2.75) is 85.2 Å². The number of rotatable bonds is 1. The summed E-state index contributed by atoms with van der Waals surface area (Å²) in [6.45, 7) is 9.16. The molecule has 0 spiro atoms. The predicted molar refractivity (Wildman–Crippen MR) is 96.5 cm³/mol. The minimum atomic E-state index is -0.0536. The molecule has 1 N–H and O–H groups in total. The van der Waals surface area contributed by atoms with E-state index in [4.69, 9.17) is 0 Å². The molecular formula is C22H36O2. The van der Waals surface area contributed by atoms with Crippen LogP contribution in [0.15, 0.2) is 0 Å². The zero-order valence-corrected chi connectivity index (χ0v) is 16.1. The van der Waals surface area contributed by atoms with Crippen molar-refractivity contribution in [2.75, 3.05) is 0 Å². The normalized spacial score (nSPS) is 57.0. The first kappa shape index (κ1) is 17.1. The SMILES string of the molecule is CC(=O)C1[C@H](C)CC2C3CC[C@H]4CC(O)CCC4(C)C3CCC21C. The van der Waals surface area contributed by atoms with Gasteiger partial charge in [-0.2, -0.15) is 0 Å². The lowest BCUT2D eigenvalue weighted by Crippen LogP contribution is -2.54. The lowest BCUT2D eigenvalue weighted by Gasteiger charge is -2.60. The van der Waals surface area contributed by atoms with Gasteiger partial charge in [0.1, 0.15) is 5.78 Å². The quantitative estimate of drug-likeness (QED) is 0.746. The third-order valence-corrected chi connectivity index (χ3v) is 9.42. The van der Waals surface area contributed by atoms with E-state index in [0.29, 0.717) is 23.0 Å². The van der Waals surface area contributed by atoms with Gasteiger partial charge in [-0.1, -0.05) is 20.8 Å². The molecule has 4 aliphatic carbocycles. The Morgan fingerprint density at radius 1 is 0.958 bits per heavy atom. The molecule has 136 valence electrons. The number of Topliss-reactive ketones (excluding diaryl/α,β-unsaturated/α-hetero) is 1. The summed E-state index contributed by atoms with van der Waals surface area (Å²) >= 11 is 0. The lowest BCUT2D eigenvalue weighted by atomic mass is 9.44. The van der Waals surface area contributed by atoms with Gasteiger partial charge in [0.15, 0.2) is 0 Å². The molecule has 2 nitrogen and oxygen atoms in total. The maximum Gasteiger partial charge on any atom is 0.133 e. The second kappa shape index (κ2) is 5.56. The molecule has 0 amide bonds. The van der Waals surface area contributed by atoms with E-state index in [1.807, 2.05) is 6.92 Å². The molecule has 0 aromatic carbocycles. The van der Waals surface area contributed by atoms with Crippen LogP contribution in [0.3, 0.4) is 0 Å². The highest BCUT2D eigenvalue weighted by Gasteiger charge is 2.62. The summed E-state index contributed by atoms with van der Waals surface area (Å²) in [5, 5.41) is 10.1. The first-order valence-corrected chi connectivity index (χ1v) is 10.5. The summed E-state index contributed by atoms with van der Waals surface area (Å²) in [6.07, 6.45) is 9.69. The molecule has 0 heterocycles. The van der Waals surface area contributed by atoms with E-state index in [1.54, 1.807) is 0 Å². The Hall–Kier alpha value is -0.370. The van der Waals surface area contributed by atoms with Crippen molar-refractivity contribution < 1.29 is 9.90 Å². The van der Waals surface area contributed by atoms with Crippen LogP contribution in [0.4, 0.5) is 0 Å². The number of fused-ring (bicyclic) bond motifs is 5. The summed E-state index contributed by atoms with van der Waals surface area (Å²) in [5.41, 5.74) is 0.699. The van der Waals surface area contributed by atoms with E-state index in [9.17, 15) is 9.90 Å². The average Bonchev–Trinajstić information content (AvgIpc) is 2.78. The smallest absolute Gasteiger partial charge is 0.133 e. The molecule has 24 heavy (non-hydrogen) atoms. The Labute approximate surface area is 147 Å². The number of hydrogen-bond donors (Lipinski definition) is 1. The molecule has 2 heteroatoms. The van der Waals surface area contributed by atoms with Crippen molar-refractivity contribution in [2.24, 2.45) is 46.3 Å². The highest BCUT2D eigenvalue weighted by Crippen LogP contribution is 2.68. The van der Waals surface area contributed by atoms with Crippen molar-refractivity contribution in [3.05, 3.63) is 0 Å². The summed E-state index contributed by atoms with van der Waals surface area (Å²) in [4.78, 5) is 12.4. The number of ketones is 1. The minimum Gasteiger partial charge on any atom is -0.393 e. The lowest BCUT2D eigenvalue weighted by molar-refractivity contribution is -0.139. The van der Waals surface area contributed by atoms with Gasteiger partial charge in [-0.3, -0.25) is 4.79 Å². The van der Waals surface area contributed by atoms with Crippen molar-refractivity contribution in [3.8, 4) is 0 Å². The van der Waals surface area contributed by atoms with E-state index in [-0.39, 0.29) is 11.5 Å². The summed E-state index contributed by atoms with van der Waals surface area (Å²) in [5.74, 6) is 4.44. The molecule has 7 unspecified atom stereocenters. The molecule has 0 aliphatic heterocycles. The zero-order chi connectivity index (χ0) is 17.3. The molecular weight excluding hydrogens is 296 g/mol. The Morgan fingerprint density at radius 2 is 1.67 bits per heavy atom. The molecule has 0 aromatic rings. The van der Waals surface area contributed by atoms with E-state index >= 15 is 0 Å². The molecule has 4 rings (SSSR count). The van der Waals surface area contributed by atoms with Crippen LogP contribution in [0.25, 0.3) is 0 Å². The van der Waals surface area contributed by atoms with Gasteiger partial charge in [-0.05, 0) is 98.7 Å². The van der Waals surface area contributed by atoms with Crippen molar-refractivity contribution >= 4 is 5.78 Å². The van der Waals surface area contributed by atoms with Gasteiger partial charge in [0.05, 0.1) is 6.10 Å². The predicted octanol–water partition coefficient (Wildman–Crippen LogP) is 4.84. The molecule has 0 radical (unpaired) electrons. The topological polar surface area (TPSA) is 37.3 Å². The fraction of sp³-hybridized carbons (Fsp3) is 0.955. The Morgan fingerprint density at radius 3 is 2.38 bits per heavy atom. The van der Waals surface area contributed by atoms with Crippen LogP contribution in [0.2, 0.25) is 0 Å². The second-order valence-electron chi connectivity index (χ2n) is 10.4. The number of carbonyl (C=O) groups excluding carboxylic acids is 1. The highest BCUT2D eigenvalue weighted by atomic mass is 16.3. The first-order chi connectivity index (χ1) is 11.3. The van der Waals surface area contributed by atoms with E-state index in [1.165, 1.54) is 38.5 Å². The van der Waals surface area contributed by atoms with Crippen molar-refractivity contribution in [1.82, 2.24) is 0 Å². The first-order valence-electron chi connectivity index (χ1n) is 10.5. The third kappa shape index (κ3) is 2.20. The van der Waals surface area contributed by atoms with Crippen LogP contribution in [0.1, 0.15) is 79.1 Å². The van der Waals surface area contributed by atoms with Crippen LogP contribution in [-0.4, -0.2) is 17.0 Å². The van der Waals surface area contributed by atoms with Crippen LogP contribution in [-0.2, 0) is 4.79 Å². The minimum absolute atomic E-state index is 0.0536. The van der Waals surface area contributed by atoms with Crippen LogP contribution >= 0.6 is 0 Å². The monoisotopic (exact) mass is 332 g/mol. The van der Waals surface area contributed by atoms with Crippen LogP contribution in [0.5, 0.6) is 0 Å². The average molecular weight is 333 g/mol. The molecule has 0 saturated heterocycles. The van der Waals surface area contributed by atoms with E-state index < -0.39 is 0 Å². The second-order valence-corrected chi connectivity index (χ2v) is 10.4. The largest absolute Gasteiger partial charge is 0.393 e. The standard InChI is InChI=1S/C22H36O2/c1-13-11-19-17-6-5-15-12-16(24)7-9-21(15,3)18(17)8-10-22(19,4)20(13)14(2)23/h13,15-20,24H,5-12H2,1-4H3/t13-,15+,16?,17?,18?,19?,20?,21?,22?/m1/s1. The van der Waals surface area contributed by atoms with E-state index in [0.717, 1.165) is 36.5 Å². The molecule has 4 saturated carbocycles. The van der Waals surface area contributed by atoms with Crippen LogP contribution < -0.4 is 0 Å². The summed E-state index contributed by atoms with van der Waals surface area (Å²) < 4.78 is 0. The van der Waals surface area contributed by atoms with Gasteiger partial charge in [0.25, 0.3) is 0 Å². The van der Waals surface area contributed by atoms with Gasteiger partial charge in [0, 0.05) is 5.92 Å². The van der Waals surface area contributed by atoms with Gasteiger partial charge in [-0.15, -0.1) is 0 Å². The van der Waals surface area contributed by atoms with Gasteiger partial charge in [-0.25, -0.2) is 0 Å². The number of carbonyl (C=O) groups is 1. The number of aliphatic hydroxyl groups excluding tert-OH is 1.